The van der Waals surface area contributed by atoms with Gasteiger partial charge in [-0.15, -0.1) is 0 Å². The van der Waals surface area contributed by atoms with Crippen molar-refractivity contribution in [2.75, 3.05) is 5.73 Å². The van der Waals surface area contributed by atoms with Crippen molar-refractivity contribution < 1.29 is 8.42 Å². The molecule has 0 radical (unpaired) electrons. The molecule has 0 bridgehead atoms. The van der Waals surface area contributed by atoms with E-state index in [4.69, 9.17) is 5.73 Å². The first-order chi connectivity index (χ1) is 11.6. The number of hydrogen-bond acceptors (Lipinski definition) is 5. The van der Waals surface area contributed by atoms with Crippen molar-refractivity contribution in [2.45, 2.75) is 22.6 Å². The van der Waals surface area contributed by atoms with E-state index in [0.29, 0.717) is 22.6 Å². The molecule has 4 rings (SSSR count). The molecule has 0 atom stereocenters. The minimum absolute atomic E-state index is 0.00664. The minimum Gasteiger partial charge on any atom is -0.384 e. The Balaban J connectivity index is 1.90. The molecule has 1 fully saturated rings. The van der Waals surface area contributed by atoms with Crippen LogP contribution in [0.25, 0.3) is 17.1 Å². The number of sulfone groups is 1. The van der Waals surface area contributed by atoms with Gasteiger partial charge in [0.25, 0.3) is 0 Å². The van der Waals surface area contributed by atoms with Crippen molar-refractivity contribution in [2.24, 2.45) is 5.92 Å². The minimum atomic E-state index is -3.76. The van der Waals surface area contributed by atoms with Crippen molar-refractivity contribution in [3.05, 3.63) is 48.4 Å². The molecular weight excluding hydrogens is 324 g/mol. The molecule has 0 amide bonds. The predicted molar refractivity (Wildman–Crippen MR) is 92.0 cm³/mol. The molecule has 0 saturated heterocycles. The molecule has 0 aliphatic heterocycles. The van der Waals surface area contributed by atoms with Crippen LogP contribution in [0.4, 0.5) is 5.82 Å². The molecule has 0 spiro atoms. The van der Waals surface area contributed by atoms with Crippen LogP contribution in [-0.2, 0) is 9.84 Å². The zero-order valence-corrected chi connectivity index (χ0v) is 13.6. The Labute approximate surface area is 139 Å². The van der Waals surface area contributed by atoms with E-state index in [1.807, 2.05) is 6.08 Å². The van der Waals surface area contributed by atoms with Crippen LogP contribution < -0.4 is 5.73 Å². The largest absolute Gasteiger partial charge is 0.384 e. The fraction of sp³-hybridized carbons (Fsp3) is 0.176. The maximum Gasteiger partial charge on any atom is 0.212 e. The van der Waals surface area contributed by atoms with Crippen LogP contribution in [0.2, 0.25) is 0 Å². The molecule has 1 aliphatic rings. The molecule has 0 unspecified atom stereocenters. The topological polar surface area (TPSA) is 102 Å². The van der Waals surface area contributed by atoms with Gasteiger partial charge in [-0.2, -0.15) is 0 Å². The summed E-state index contributed by atoms with van der Waals surface area (Å²) >= 11 is 0. The van der Waals surface area contributed by atoms with Gasteiger partial charge in [-0.3, -0.25) is 0 Å². The molecule has 3 N–H and O–H groups in total. The lowest BCUT2D eigenvalue weighted by atomic mass is 10.2. The Morgan fingerprint density at radius 2 is 1.92 bits per heavy atom. The quantitative estimate of drug-likeness (QED) is 0.760. The summed E-state index contributed by atoms with van der Waals surface area (Å²) < 4.78 is 25.9. The van der Waals surface area contributed by atoms with Crippen LogP contribution in [0, 0.1) is 5.92 Å². The summed E-state index contributed by atoms with van der Waals surface area (Å²) in [4.78, 5) is 11.5. The smallest absolute Gasteiger partial charge is 0.212 e. The van der Waals surface area contributed by atoms with Crippen LogP contribution in [0.1, 0.15) is 18.5 Å². The van der Waals surface area contributed by atoms with Gasteiger partial charge < -0.3 is 10.7 Å². The van der Waals surface area contributed by atoms with Crippen molar-refractivity contribution in [1.29, 1.82) is 0 Å². The van der Waals surface area contributed by atoms with Crippen molar-refractivity contribution in [3.63, 3.8) is 0 Å². The highest BCUT2D eigenvalue weighted by Crippen LogP contribution is 2.34. The second-order valence-corrected chi connectivity index (χ2v) is 7.75. The average molecular weight is 340 g/mol. The number of nitrogens with two attached hydrogens (primary N) is 1. The lowest BCUT2D eigenvalue weighted by molar-refractivity contribution is 0.597. The maximum atomic E-state index is 12.9. The van der Waals surface area contributed by atoms with E-state index in [1.54, 1.807) is 30.3 Å². The number of nitrogen functional groups attached to an aromatic ring is 1. The standard InChI is InChI=1S/C17H16N4O2S/c18-17-16(24(22,23)12-4-2-1-3-5-12)15-14(21-17)13(19-10-20-15)9-8-11-6-7-11/h1-5,8-11,21H,6-7,18H2. The highest BCUT2D eigenvalue weighted by atomic mass is 32.2. The van der Waals surface area contributed by atoms with E-state index >= 15 is 0 Å². The van der Waals surface area contributed by atoms with Crippen LogP contribution >= 0.6 is 0 Å². The number of nitrogens with one attached hydrogen (secondary N) is 1. The summed E-state index contributed by atoms with van der Waals surface area (Å²) in [7, 11) is -3.76. The average Bonchev–Trinajstić information content (AvgIpc) is 3.34. The van der Waals surface area contributed by atoms with Gasteiger partial charge in [0.2, 0.25) is 9.84 Å². The second kappa shape index (κ2) is 5.45. The Morgan fingerprint density at radius 3 is 2.62 bits per heavy atom. The number of aromatic nitrogens is 3. The van der Waals surface area contributed by atoms with Crippen molar-refractivity contribution in [3.8, 4) is 0 Å². The molecule has 122 valence electrons. The van der Waals surface area contributed by atoms with Gasteiger partial charge in [-0.1, -0.05) is 24.3 Å². The number of allylic oxidation sites excluding steroid dienone is 1. The van der Waals surface area contributed by atoms with E-state index in [0.717, 1.165) is 0 Å². The highest BCUT2D eigenvalue weighted by molar-refractivity contribution is 7.92. The van der Waals surface area contributed by atoms with Crippen LogP contribution in [0.15, 0.2) is 52.5 Å². The third-order valence-electron chi connectivity index (χ3n) is 4.07. The number of H-pyrrole nitrogens is 1. The van der Waals surface area contributed by atoms with Gasteiger partial charge >= 0.3 is 0 Å². The van der Waals surface area contributed by atoms with E-state index in [-0.39, 0.29) is 15.6 Å². The Kier molecular flexibility index (Phi) is 3.38. The first-order valence-corrected chi connectivity index (χ1v) is 9.16. The summed E-state index contributed by atoms with van der Waals surface area (Å²) in [6, 6.07) is 8.21. The second-order valence-electron chi connectivity index (χ2n) is 5.86. The molecule has 1 saturated carbocycles. The van der Waals surface area contributed by atoms with Gasteiger partial charge in [0.05, 0.1) is 16.1 Å². The summed E-state index contributed by atoms with van der Waals surface area (Å²) in [6.45, 7) is 0. The van der Waals surface area contributed by atoms with E-state index < -0.39 is 9.84 Å². The Morgan fingerprint density at radius 1 is 1.17 bits per heavy atom. The molecule has 3 aromatic rings. The molecule has 2 heterocycles. The molecular formula is C17H16N4O2S. The highest BCUT2D eigenvalue weighted by Gasteiger charge is 2.27. The van der Waals surface area contributed by atoms with Gasteiger partial charge in [-0.25, -0.2) is 18.4 Å². The number of rotatable bonds is 4. The third kappa shape index (κ3) is 2.46. The fourth-order valence-corrected chi connectivity index (χ4v) is 4.15. The molecule has 1 aliphatic carbocycles. The van der Waals surface area contributed by atoms with Crippen molar-refractivity contribution >= 4 is 32.8 Å². The number of aromatic amines is 1. The monoisotopic (exact) mass is 340 g/mol. The molecule has 24 heavy (non-hydrogen) atoms. The van der Waals surface area contributed by atoms with Crippen molar-refractivity contribution in [1.82, 2.24) is 15.0 Å². The lowest BCUT2D eigenvalue weighted by Crippen LogP contribution is -2.04. The van der Waals surface area contributed by atoms with E-state index in [1.165, 1.54) is 19.2 Å². The molecule has 1 aromatic carbocycles. The lowest BCUT2D eigenvalue weighted by Gasteiger charge is -2.03. The van der Waals surface area contributed by atoms with Crippen LogP contribution in [0.5, 0.6) is 0 Å². The zero-order chi connectivity index (χ0) is 16.7. The summed E-state index contributed by atoms with van der Waals surface area (Å²) in [5.74, 6) is 0.672. The zero-order valence-electron chi connectivity index (χ0n) is 12.8. The number of anilines is 1. The van der Waals surface area contributed by atoms with Crippen LogP contribution in [0.3, 0.4) is 0 Å². The Hall–Kier alpha value is -2.67. The summed E-state index contributed by atoms with van der Waals surface area (Å²) in [5, 5.41) is 0. The van der Waals surface area contributed by atoms with Gasteiger partial charge in [-0.05, 0) is 37.0 Å². The molecule has 6 nitrogen and oxygen atoms in total. The van der Waals surface area contributed by atoms with Gasteiger partial charge in [0.1, 0.15) is 22.6 Å². The van der Waals surface area contributed by atoms with E-state index in [9.17, 15) is 8.42 Å². The number of hydrogen-bond donors (Lipinski definition) is 2. The first kappa shape index (κ1) is 14.9. The van der Waals surface area contributed by atoms with Gasteiger partial charge in [0.15, 0.2) is 0 Å². The third-order valence-corrected chi connectivity index (χ3v) is 5.91. The summed E-state index contributed by atoms with van der Waals surface area (Å²) in [6.07, 6.45) is 7.73. The maximum absolute atomic E-state index is 12.9. The number of nitrogens with zero attached hydrogens (tertiary/aromatic N) is 2. The first-order valence-electron chi connectivity index (χ1n) is 7.68. The Bertz CT molecular complexity index is 1040. The number of benzene rings is 1. The van der Waals surface area contributed by atoms with Gasteiger partial charge in [0, 0.05) is 0 Å². The van der Waals surface area contributed by atoms with Crippen LogP contribution in [-0.4, -0.2) is 23.4 Å². The predicted octanol–water partition coefficient (Wildman–Crippen LogP) is 2.80. The normalized spacial score (nSPS) is 15.3. The SMILES string of the molecule is Nc1[nH]c2c(C=CC3CC3)ncnc2c1S(=O)(=O)c1ccccc1. The fourth-order valence-electron chi connectivity index (χ4n) is 2.65. The number of fused-ring (bicyclic) bond motifs is 1. The van der Waals surface area contributed by atoms with E-state index in [2.05, 4.69) is 21.0 Å². The summed E-state index contributed by atoms with van der Waals surface area (Å²) in [5.41, 5.74) is 7.50. The molecule has 7 heteroatoms. The molecule has 2 aromatic heterocycles.